The van der Waals surface area contributed by atoms with Crippen LogP contribution in [0.3, 0.4) is 0 Å². The van der Waals surface area contributed by atoms with E-state index in [0.717, 1.165) is 11.4 Å². The van der Waals surface area contributed by atoms with Crippen molar-refractivity contribution in [2.24, 2.45) is 5.41 Å². The summed E-state index contributed by atoms with van der Waals surface area (Å²) in [4.78, 5) is 14.9. The fraction of sp³-hybridized carbons (Fsp3) is 0.588. The van der Waals surface area contributed by atoms with Crippen LogP contribution in [0.25, 0.3) is 0 Å². The van der Waals surface area contributed by atoms with Crippen LogP contribution < -0.4 is 0 Å². The predicted octanol–water partition coefficient (Wildman–Crippen LogP) is 4.48. The lowest BCUT2D eigenvalue weighted by Gasteiger charge is -2.33. The van der Waals surface area contributed by atoms with Gasteiger partial charge in [-0.05, 0) is 57.7 Å². The first-order chi connectivity index (χ1) is 9.27. The van der Waals surface area contributed by atoms with E-state index in [2.05, 4.69) is 34.6 Å². The van der Waals surface area contributed by atoms with Gasteiger partial charge < -0.3 is 4.90 Å². The van der Waals surface area contributed by atoms with Gasteiger partial charge in [0.1, 0.15) is 0 Å². The first-order valence-electron chi connectivity index (χ1n) is 7.35. The standard InChI is InChI=1S/C17H24ClNO/c1-11(2)19(12(3)4)16(20)17(5)10-15(17)13-6-8-14(18)9-7-13/h6-9,11-12,15H,10H2,1-5H3/t15-,17-/m0/s1. The molecule has 0 N–H and O–H groups in total. The molecule has 2 nitrogen and oxygen atoms in total. The van der Waals surface area contributed by atoms with Gasteiger partial charge >= 0.3 is 0 Å². The average Bonchev–Trinajstić information content (AvgIpc) is 3.03. The Hall–Kier alpha value is -1.02. The number of hydrogen-bond donors (Lipinski definition) is 0. The van der Waals surface area contributed by atoms with Gasteiger partial charge in [-0.1, -0.05) is 30.7 Å². The van der Waals surface area contributed by atoms with Crippen LogP contribution in [-0.4, -0.2) is 22.9 Å². The van der Waals surface area contributed by atoms with E-state index < -0.39 is 0 Å². The van der Waals surface area contributed by atoms with E-state index in [1.807, 2.05) is 29.2 Å². The molecule has 2 rings (SSSR count). The van der Waals surface area contributed by atoms with Gasteiger partial charge in [-0.25, -0.2) is 0 Å². The highest BCUT2D eigenvalue weighted by atomic mass is 35.5. The summed E-state index contributed by atoms with van der Waals surface area (Å²) in [6, 6.07) is 8.38. The molecule has 3 heteroatoms. The van der Waals surface area contributed by atoms with Crippen LogP contribution in [0.15, 0.2) is 24.3 Å². The second kappa shape index (κ2) is 5.40. The number of benzene rings is 1. The summed E-state index contributed by atoms with van der Waals surface area (Å²) in [6.07, 6.45) is 0.934. The van der Waals surface area contributed by atoms with E-state index in [9.17, 15) is 4.79 Å². The van der Waals surface area contributed by atoms with Crippen molar-refractivity contribution in [1.82, 2.24) is 4.90 Å². The molecule has 1 aromatic carbocycles. The zero-order chi connectivity index (χ0) is 15.1. The van der Waals surface area contributed by atoms with Crippen molar-refractivity contribution in [2.75, 3.05) is 0 Å². The highest BCUT2D eigenvalue weighted by Crippen LogP contribution is 2.60. The predicted molar refractivity (Wildman–Crippen MR) is 84.0 cm³/mol. The maximum Gasteiger partial charge on any atom is 0.229 e. The van der Waals surface area contributed by atoms with Crippen LogP contribution in [0.1, 0.15) is 52.5 Å². The molecule has 0 unspecified atom stereocenters. The Morgan fingerprint density at radius 2 is 1.70 bits per heavy atom. The highest BCUT2D eigenvalue weighted by molar-refractivity contribution is 6.30. The molecule has 0 radical (unpaired) electrons. The molecule has 0 saturated heterocycles. The molecule has 2 atom stereocenters. The van der Waals surface area contributed by atoms with Gasteiger partial charge in [0.2, 0.25) is 5.91 Å². The van der Waals surface area contributed by atoms with E-state index in [-0.39, 0.29) is 23.4 Å². The van der Waals surface area contributed by atoms with Gasteiger partial charge in [-0.2, -0.15) is 0 Å². The Morgan fingerprint density at radius 3 is 2.15 bits per heavy atom. The van der Waals surface area contributed by atoms with Crippen LogP contribution in [0.5, 0.6) is 0 Å². The lowest BCUT2D eigenvalue weighted by molar-refractivity contribution is -0.140. The number of carbonyl (C=O) groups is 1. The van der Waals surface area contributed by atoms with Crippen LogP contribution in [0.2, 0.25) is 5.02 Å². The van der Waals surface area contributed by atoms with Gasteiger partial charge in [0, 0.05) is 17.1 Å². The Bertz CT molecular complexity index is 486. The molecular weight excluding hydrogens is 270 g/mol. The molecule has 110 valence electrons. The number of nitrogens with zero attached hydrogens (tertiary/aromatic N) is 1. The largest absolute Gasteiger partial charge is 0.337 e. The lowest BCUT2D eigenvalue weighted by Crippen LogP contribution is -2.45. The average molecular weight is 294 g/mol. The van der Waals surface area contributed by atoms with Crippen molar-refractivity contribution < 1.29 is 4.79 Å². The molecule has 1 aromatic rings. The molecule has 0 spiro atoms. The zero-order valence-corrected chi connectivity index (χ0v) is 13.7. The summed E-state index contributed by atoms with van der Waals surface area (Å²) in [6.45, 7) is 10.4. The van der Waals surface area contributed by atoms with Gasteiger partial charge in [-0.15, -0.1) is 0 Å². The van der Waals surface area contributed by atoms with Gasteiger partial charge in [0.25, 0.3) is 0 Å². The number of rotatable bonds is 4. The first-order valence-corrected chi connectivity index (χ1v) is 7.73. The molecule has 1 aliphatic rings. The highest BCUT2D eigenvalue weighted by Gasteiger charge is 2.58. The molecule has 0 heterocycles. The molecule has 1 amide bonds. The van der Waals surface area contributed by atoms with Crippen molar-refractivity contribution >= 4 is 17.5 Å². The SMILES string of the molecule is CC(C)N(C(=O)[C@@]1(C)C[C@H]1c1ccc(Cl)cc1)C(C)C. The van der Waals surface area contributed by atoms with E-state index in [0.29, 0.717) is 5.92 Å². The number of amides is 1. The Labute approximate surface area is 127 Å². The molecule has 1 aliphatic carbocycles. The van der Waals surface area contributed by atoms with Crippen LogP contribution in [0, 0.1) is 5.41 Å². The van der Waals surface area contributed by atoms with Crippen molar-refractivity contribution in [3.05, 3.63) is 34.9 Å². The summed E-state index contributed by atoms with van der Waals surface area (Å²) in [7, 11) is 0. The third-order valence-corrected chi connectivity index (χ3v) is 4.60. The first kappa shape index (κ1) is 15.4. The summed E-state index contributed by atoms with van der Waals surface area (Å²) in [5, 5.41) is 0.744. The maximum atomic E-state index is 12.9. The van der Waals surface area contributed by atoms with Crippen LogP contribution >= 0.6 is 11.6 Å². The van der Waals surface area contributed by atoms with Gasteiger partial charge in [0.15, 0.2) is 0 Å². The van der Waals surface area contributed by atoms with E-state index in [1.165, 1.54) is 5.56 Å². The minimum atomic E-state index is -0.248. The molecule has 1 saturated carbocycles. The van der Waals surface area contributed by atoms with Crippen molar-refractivity contribution in [1.29, 1.82) is 0 Å². The fourth-order valence-electron chi connectivity index (χ4n) is 3.14. The summed E-state index contributed by atoms with van der Waals surface area (Å²) >= 11 is 5.93. The summed E-state index contributed by atoms with van der Waals surface area (Å²) < 4.78 is 0. The smallest absolute Gasteiger partial charge is 0.229 e. The number of hydrogen-bond acceptors (Lipinski definition) is 1. The quantitative estimate of drug-likeness (QED) is 0.801. The monoisotopic (exact) mass is 293 g/mol. The Morgan fingerprint density at radius 1 is 1.20 bits per heavy atom. The normalized spacial score (nSPS) is 25.1. The minimum absolute atomic E-state index is 0.241. The van der Waals surface area contributed by atoms with Gasteiger partial charge in [-0.3, -0.25) is 4.79 Å². The van der Waals surface area contributed by atoms with E-state index in [4.69, 9.17) is 11.6 Å². The molecular formula is C17H24ClNO. The number of carbonyl (C=O) groups excluding carboxylic acids is 1. The van der Waals surface area contributed by atoms with E-state index in [1.54, 1.807) is 0 Å². The minimum Gasteiger partial charge on any atom is -0.337 e. The van der Waals surface area contributed by atoms with Gasteiger partial charge in [0.05, 0.1) is 5.41 Å². The lowest BCUT2D eigenvalue weighted by atomic mass is 9.98. The topological polar surface area (TPSA) is 20.3 Å². The van der Waals surface area contributed by atoms with Crippen molar-refractivity contribution in [3.8, 4) is 0 Å². The zero-order valence-electron chi connectivity index (χ0n) is 13.0. The molecule has 1 fully saturated rings. The summed E-state index contributed by atoms with van der Waals surface area (Å²) in [5.74, 6) is 0.606. The van der Waals surface area contributed by atoms with E-state index >= 15 is 0 Å². The van der Waals surface area contributed by atoms with Crippen molar-refractivity contribution in [2.45, 2.75) is 59.0 Å². The Kier molecular flexibility index (Phi) is 4.15. The van der Waals surface area contributed by atoms with Crippen LogP contribution in [0.4, 0.5) is 0 Å². The second-order valence-corrected chi connectivity index (χ2v) is 7.06. The third kappa shape index (κ3) is 2.71. The Balaban J connectivity index is 2.17. The second-order valence-electron chi connectivity index (χ2n) is 6.63. The third-order valence-electron chi connectivity index (χ3n) is 4.35. The molecule has 0 bridgehead atoms. The number of halogens is 1. The van der Waals surface area contributed by atoms with Crippen LogP contribution in [-0.2, 0) is 4.79 Å². The maximum absolute atomic E-state index is 12.9. The summed E-state index contributed by atoms with van der Waals surface area (Å²) in [5.41, 5.74) is 0.972. The molecule has 0 aliphatic heterocycles. The van der Waals surface area contributed by atoms with Crippen molar-refractivity contribution in [3.63, 3.8) is 0 Å². The molecule has 20 heavy (non-hydrogen) atoms. The fourth-order valence-corrected chi connectivity index (χ4v) is 3.27. The molecule has 0 aromatic heterocycles.